The molecule has 19 heavy (non-hydrogen) atoms. The maximum Gasteiger partial charge on any atom is 0.292 e. The number of nitrogens with one attached hydrogen (secondary N) is 1. The van der Waals surface area contributed by atoms with Crippen LogP contribution in [0, 0.1) is 21.4 Å². The summed E-state index contributed by atoms with van der Waals surface area (Å²) in [6.07, 6.45) is 3.98. The SMILES string of the molecule is N#Cc1ccc([N+](=O)[O-])c(N[C@@H]2CCCC[C@H]2N)c1. The Morgan fingerprint density at radius 1 is 1.42 bits per heavy atom. The zero-order chi connectivity index (χ0) is 13.8. The van der Waals surface area contributed by atoms with E-state index < -0.39 is 4.92 Å². The number of anilines is 1. The summed E-state index contributed by atoms with van der Waals surface area (Å²) in [7, 11) is 0. The van der Waals surface area contributed by atoms with Crippen molar-refractivity contribution in [3.63, 3.8) is 0 Å². The fraction of sp³-hybridized carbons (Fsp3) is 0.462. The van der Waals surface area contributed by atoms with Crippen molar-refractivity contribution in [2.45, 2.75) is 37.8 Å². The van der Waals surface area contributed by atoms with Gasteiger partial charge in [0.2, 0.25) is 0 Å². The second kappa shape index (κ2) is 5.67. The first-order chi connectivity index (χ1) is 9.11. The van der Waals surface area contributed by atoms with E-state index in [1.807, 2.05) is 6.07 Å². The average Bonchev–Trinajstić information content (AvgIpc) is 2.41. The van der Waals surface area contributed by atoms with Crippen LogP contribution in [-0.2, 0) is 0 Å². The molecular weight excluding hydrogens is 244 g/mol. The highest BCUT2D eigenvalue weighted by molar-refractivity contribution is 5.64. The number of hydrogen-bond acceptors (Lipinski definition) is 5. The minimum atomic E-state index is -0.447. The van der Waals surface area contributed by atoms with Gasteiger partial charge in [-0.15, -0.1) is 0 Å². The molecule has 1 aromatic carbocycles. The van der Waals surface area contributed by atoms with Crippen LogP contribution in [0.15, 0.2) is 18.2 Å². The lowest BCUT2D eigenvalue weighted by Gasteiger charge is -2.30. The lowest BCUT2D eigenvalue weighted by Crippen LogP contribution is -2.42. The highest BCUT2D eigenvalue weighted by Gasteiger charge is 2.24. The van der Waals surface area contributed by atoms with Crippen molar-refractivity contribution in [2.75, 3.05) is 5.32 Å². The molecule has 6 heteroatoms. The van der Waals surface area contributed by atoms with E-state index in [9.17, 15) is 10.1 Å². The molecule has 1 aliphatic carbocycles. The number of hydrogen-bond donors (Lipinski definition) is 2. The Balaban J connectivity index is 2.26. The van der Waals surface area contributed by atoms with Crippen LogP contribution < -0.4 is 11.1 Å². The molecule has 3 N–H and O–H groups in total. The van der Waals surface area contributed by atoms with Crippen LogP contribution >= 0.6 is 0 Å². The topological polar surface area (TPSA) is 105 Å². The van der Waals surface area contributed by atoms with Gasteiger partial charge in [0.15, 0.2) is 0 Å². The van der Waals surface area contributed by atoms with E-state index in [1.165, 1.54) is 18.2 Å². The molecule has 1 fully saturated rings. The Kier molecular flexibility index (Phi) is 3.97. The molecule has 0 amide bonds. The van der Waals surface area contributed by atoms with E-state index in [2.05, 4.69) is 5.32 Å². The first-order valence-electron chi connectivity index (χ1n) is 6.32. The van der Waals surface area contributed by atoms with Gasteiger partial charge in [-0.1, -0.05) is 12.8 Å². The van der Waals surface area contributed by atoms with Gasteiger partial charge < -0.3 is 11.1 Å². The average molecular weight is 260 g/mol. The van der Waals surface area contributed by atoms with Gasteiger partial charge in [-0.25, -0.2) is 0 Å². The number of nitro benzene ring substituents is 1. The third kappa shape index (κ3) is 3.01. The Morgan fingerprint density at radius 2 is 2.16 bits per heavy atom. The quantitative estimate of drug-likeness (QED) is 0.640. The maximum atomic E-state index is 11.0. The summed E-state index contributed by atoms with van der Waals surface area (Å²) in [5.41, 5.74) is 6.79. The number of nitro groups is 1. The van der Waals surface area contributed by atoms with E-state index in [-0.39, 0.29) is 17.8 Å². The normalized spacial score (nSPS) is 22.5. The van der Waals surface area contributed by atoms with Gasteiger partial charge in [0, 0.05) is 18.2 Å². The molecule has 0 aliphatic heterocycles. The number of nitriles is 1. The number of rotatable bonds is 3. The van der Waals surface area contributed by atoms with Crippen molar-refractivity contribution < 1.29 is 4.92 Å². The van der Waals surface area contributed by atoms with Crippen molar-refractivity contribution in [1.29, 1.82) is 5.26 Å². The molecule has 0 saturated heterocycles. The molecule has 0 unspecified atom stereocenters. The Bertz CT molecular complexity index is 524. The van der Waals surface area contributed by atoms with Crippen LogP contribution in [0.5, 0.6) is 0 Å². The van der Waals surface area contributed by atoms with E-state index in [0.29, 0.717) is 11.3 Å². The highest BCUT2D eigenvalue weighted by Crippen LogP contribution is 2.28. The third-order valence-electron chi connectivity index (χ3n) is 3.48. The molecule has 0 heterocycles. The van der Waals surface area contributed by atoms with Crippen LogP contribution in [0.25, 0.3) is 0 Å². The lowest BCUT2D eigenvalue weighted by molar-refractivity contribution is -0.384. The molecule has 1 aromatic rings. The largest absolute Gasteiger partial charge is 0.375 e. The minimum absolute atomic E-state index is 0.000837. The van der Waals surface area contributed by atoms with Gasteiger partial charge in [-0.3, -0.25) is 10.1 Å². The molecule has 0 bridgehead atoms. The number of nitrogens with two attached hydrogens (primary N) is 1. The molecule has 100 valence electrons. The molecule has 1 aliphatic rings. The Hall–Kier alpha value is -2.13. The van der Waals surface area contributed by atoms with Crippen molar-refractivity contribution in [3.05, 3.63) is 33.9 Å². The first kappa shape index (κ1) is 13.3. The fourth-order valence-electron chi connectivity index (χ4n) is 2.42. The van der Waals surface area contributed by atoms with Crippen LogP contribution in [0.1, 0.15) is 31.2 Å². The summed E-state index contributed by atoms with van der Waals surface area (Å²) < 4.78 is 0. The summed E-state index contributed by atoms with van der Waals surface area (Å²) in [5.74, 6) is 0. The van der Waals surface area contributed by atoms with E-state index in [1.54, 1.807) is 0 Å². The van der Waals surface area contributed by atoms with Crippen LogP contribution in [0.4, 0.5) is 11.4 Å². The second-order valence-electron chi connectivity index (χ2n) is 4.80. The summed E-state index contributed by atoms with van der Waals surface area (Å²) in [4.78, 5) is 10.5. The van der Waals surface area contributed by atoms with E-state index in [4.69, 9.17) is 11.0 Å². The summed E-state index contributed by atoms with van der Waals surface area (Å²) >= 11 is 0. The molecular formula is C13H16N4O2. The maximum absolute atomic E-state index is 11.0. The number of nitrogens with zero attached hydrogens (tertiary/aromatic N) is 2. The fourth-order valence-corrected chi connectivity index (χ4v) is 2.42. The first-order valence-corrected chi connectivity index (χ1v) is 6.32. The Labute approximate surface area is 111 Å². The number of benzene rings is 1. The monoisotopic (exact) mass is 260 g/mol. The lowest BCUT2D eigenvalue weighted by atomic mass is 9.91. The molecule has 0 radical (unpaired) electrons. The predicted molar refractivity (Wildman–Crippen MR) is 71.7 cm³/mol. The zero-order valence-corrected chi connectivity index (χ0v) is 10.5. The molecule has 0 spiro atoms. The molecule has 2 rings (SSSR count). The van der Waals surface area contributed by atoms with E-state index in [0.717, 1.165) is 25.7 Å². The minimum Gasteiger partial charge on any atom is -0.375 e. The summed E-state index contributed by atoms with van der Waals surface area (Å²) in [6, 6.07) is 6.33. The molecule has 6 nitrogen and oxygen atoms in total. The van der Waals surface area contributed by atoms with Crippen LogP contribution in [0.3, 0.4) is 0 Å². The highest BCUT2D eigenvalue weighted by atomic mass is 16.6. The molecule has 1 saturated carbocycles. The van der Waals surface area contributed by atoms with Crippen LogP contribution in [0.2, 0.25) is 0 Å². The predicted octanol–water partition coefficient (Wildman–Crippen LogP) is 2.15. The second-order valence-corrected chi connectivity index (χ2v) is 4.80. The van der Waals surface area contributed by atoms with Gasteiger partial charge in [-0.05, 0) is 25.0 Å². The van der Waals surface area contributed by atoms with Crippen molar-refractivity contribution in [2.24, 2.45) is 5.73 Å². The van der Waals surface area contributed by atoms with Crippen LogP contribution in [-0.4, -0.2) is 17.0 Å². The molecule has 2 atom stereocenters. The third-order valence-corrected chi connectivity index (χ3v) is 3.48. The van der Waals surface area contributed by atoms with Gasteiger partial charge in [0.25, 0.3) is 5.69 Å². The van der Waals surface area contributed by atoms with Gasteiger partial charge >= 0.3 is 0 Å². The van der Waals surface area contributed by atoms with Gasteiger partial charge in [0.05, 0.1) is 16.6 Å². The van der Waals surface area contributed by atoms with Crippen molar-refractivity contribution in [3.8, 4) is 6.07 Å². The zero-order valence-electron chi connectivity index (χ0n) is 10.5. The molecule has 0 aromatic heterocycles. The summed E-state index contributed by atoms with van der Waals surface area (Å²) in [5, 5.41) is 23.0. The van der Waals surface area contributed by atoms with Crippen molar-refractivity contribution in [1.82, 2.24) is 0 Å². The van der Waals surface area contributed by atoms with Gasteiger partial charge in [0.1, 0.15) is 5.69 Å². The van der Waals surface area contributed by atoms with Crippen molar-refractivity contribution >= 4 is 11.4 Å². The smallest absolute Gasteiger partial charge is 0.292 e. The van der Waals surface area contributed by atoms with E-state index >= 15 is 0 Å². The van der Waals surface area contributed by atoms with Gasteiger partial charge in [-0.2, -0.15) is 5.26 Å². The standard InChI is InChI=1S/C13H16N4O2/c14-8-9-5-6-13(17(18)19)12(7-9)16-11-4-2-1-3-10(11)15/h5-7,10-11,16H,1-4,15H2/t10-,11-/m1/s1. The Morgan fingerprint density at radius 3 is 2.79 bits per heavy atom. The summed E-state index contributed by atoms with van der Waals surface area (Å²) in [6.45, 7) is 0.